The van der Waals surface area contributed by atoms with Gasteiger partial charge in [0.1, 0.15) is 10.7 Å². The van der Waals surface area contributed by atoms with Crippen LogP contribution in [0.3, 0.4) is 0 Å². The number of benzene rings is 2. The van der Waals surface area contributed by atoms with Crippen LogP contribution >= 0.6 is 11.6 Å². The lowest BCUT2D eigenvalue weighted by Gasteiger charge is -1.97. The predicted molar refractivity (Wildman–Crippen MR) is 98.6 cm³/mol. The molecule has 7 nitrogen and oxygen atoms in total. The van der Waals surface area contributed by atoms with Crippen LogP contribution in [-0.4, -0.2) is 14.9 Å². The maximum absolute atomic E-state index is 12.3. The Labute approximate surface area is 151 Å². The lowest BCUT2D eigenvalue weighted by atomic mass is 10.1. The van der Waals surface area contributed by atoms with E-state index in [1.807, 2.05) is 0 Å². The largest absolute Gasteiger partial charge is 0.316 e. The molecule has 0 saturated heterocycles. The molecule has 3 aromatic rings. The first-order valence-electron chi connectivity index (χ1n) is 7.49. The third-order valence-corrected chi connectivity index (χ3v) is 3.85. The summed E-state index contributed by atoms with van der Waals surface area (Å²) in [6, 6.07) is 12.7. The Morgan fingerprint density at radius 2 is 1.46 bits per heavy atom. The first-order chi connectivity index (χ1) is 12.4. The fourth-order valence-corrected chi connectivity index (χ4v) is 2.48. The Balaban J connectivity index is 2.15. The van der Waals surface area contributed by atoms with E-state index in [9.17, 15) is 19.7 Å². The first-order valence-corrected chi connectivity index (χ1v) is 7.87. The van der Waals surface area contributed by atoms with Crippen molar-refractivity contribution in [1.29, 1.82) is 0 Å². The summed E-state index contributed by atoms with van der Waals surface area (Å²) < 4.78 is 0. The summed E-state index contributed by atoms with van der Waals surface area (Å²) >= 11 is 5.81. The molecule has 0 unspecified atom stereocenters. The van der Waals surface area contributed by atoms with Crippen LogP contribution in [0.2, 0.25) is 5.02 Å². The van der Waals surface area contributed by atoms with Crippen molar-refractivity contribution >= 4 is 29.4 Å². The van der Waals surface area contributed by atoms with E-state index in [-0.39, 0.29) is 21.9 Å². The van der Waals surface area contributed by atoms with Crippen molar-refractivity contribution in [2.75, 3.05) is 0 Å². The van der Waals surface area contributed by atoms with Crippen LogP contribution in [-0.2, 0) is 0 Å². The van der Waals surface area contributed by atoms with Gasteiger partial charge < -0.3 is 9.97 Å². The van der Waals surface area contributed by atoms with Crippen molar-refractivity contribution < 1.29 is 4.92 Å². The number of nitrogens with zero attached hydrogens (tertiary/aromatic N) is 1. The van der Waals surface area contributed by atoms with Gasteiger partial charge in [-0.2, -0.15) is 0 Å². The highest BCUT2D eigenvalue weighted by molar-refractivity contribution is 6.30. The highest BCUT2D eigenvalue weighted by Gasteiger charge is 2.10. The third kappa shape index (κ3) is 3.79. The van der Waals surface area contributed by atoms with Crippen molar-refractivity contribution in [3.63, 3.8) is 0 Å². The van der Waals surface area contributed by atoms with Gasteiger partial charge in [0.05, 0.1) is 10.5 Å². The summed E-state index contributed by atoms with van der Waals surface area (Å²) in [6.45, 7) is 0. The minimum Gasteiger partial charge on any atom is -0.316 e. The molecule has 0 aliphatic heterocycles. The summed E-state index contributed by atoms with van der Waals surface area (Å²) in [4.78, 5) is 39.9. The standard InChI is InChI=1S/C18H12ClN3O4/c19-13-7-5-11(6-8-13)9-14-17(23)21-15(18(24)20-14)10-12-3-1-2-4-16(12)22(25)26/h1-10H,(H,20,24)(H,21,23)/b14-9-,15-10-. The van der Waals surface area contributed by atoms with Crippen molar-refractivity contribution in [3.8, 4) is 0 Å². The van der Waals surface area contributed by atoms with Gasteiger partial charge in [0.25, 0.3) is 16.8 Å². The molecule has 0 aliphatic rings. The van der Waals surface area contributed by atoms with Gasteiger partial charge in [-0.05, 0) is 35.9 Å². The molecule has 8 heteroatoms. The molecule has 0 atom stereocenters. The van der Waals surface area contributed by atoms with Gasteiger partial charge in [-0.3, -0.25) is 19.7 Å². The fourth-order valence-electron chi connectivity index (χ4n) is 2.35. The molecule has 0 amide bonds. The molecule has 2 aromatic carbocycles. The predicted octanol–water partition coefficient (Wildman–Crippen LogP) is 1.28. The molecule has 0 bridgehead atoms. The summed E-state index contributed by atoms with van der Waals surface area (Å²) in [5.41, 5.74) is -0.351. The van der Waals surface area contributed by atoms with E-state index in [4.69, 9.17) is 11.6 Å². The molecule has 130 valence electrons. The Hall–Kier alpha value is -3.45. The van der Waals surface area contributed by atoms with Crippen LogP contribution in [0.15, 0.2) is 58.1 Å². The third-order valence-electron chi connectivity index (χ3n) is 3.60. The number of hydrogen-bond donors (Lipinski definition) is 2. The van der Waals surface area contributed by atoms with E-state index < -0.39 is 16.0 Å². The minimum absolute atomic E-state index is 0.0667. The molecule has 0 fully saturated rings. The van der Waals surface area contributed by atoms with E-state index in [2.05, 4.69) is 9.97 Å². The Morgan fingerprint density at radius 1 is 0.885 bits per heavy atom. The summed E-state index contributed by atoms with van der Waals surface area (Å²) in [6.07, 6.45) is 2.77. The number of halogens is 1. The quantitative estimate of drug-likeness (QED) is 0.535. The molecule has 0 saturated carbocycles. The van der Waals surface area contributed by atoms with Crippen molar-refractivity contribution in [1.82, 2.24) is 9.97 Å². The molecule has 1 aromatic heterocycles. The zero-order valence-corrected chi connectivity index (χ0v) is 14.0. The average molecular weight is 370 g/mol. The topological polar surface area (TPSA) is 109 Å². The average Bonchev–Trinajstić information content (AvgIpc) is 2.61. The molecule has 0 radical (unpaired) electrons. The summed E-state index contributed by atoms with van der Waals surface area (Å²) in [5, 5.41) is 11.6. The van der Waals surface area contributed by atoms with E-state index in [0.717, 1.165) is 0 Å². The highest BCUT2D eigenvalue weighted by Crippen LogP contribution is 2.17. The Bertz CT molecular complexity index is 1210. The number of para-hydroxylation sites is 1. The van der Waals surface area contributed by atoms with Crippen LogP contribution in [0, 0.1) is 10.1 Å². The fraction of sp³-hybridized carbons (Fsp3) is 0. The van der Waals surface area contributed by atoms with E-state index >= 15 is 0 Å². The molecule has 1 heterocycles. The lowest BCUT2D eigenvalue weighted by Crippen LogP contribution is -2.46. The lowest BCUT2D eigenvalue weighted by molar-refractivity contribution is -0.385. The maximum atomic E-state index is 12.3. The summed E-state index contributed by atoms with van der Waals surface area (Å²) in [7, 11) is 0. The van der Waals surface area contributed by atoms with E-state index in [1.165, 1.54) is 30.4 Å². The van der Waals surface area contributed by atoms with Crippen molar-refractivity contribution in [3.05, 3.63) is 106 Å². The molecular weight excluding hydrogens is 358 g/mol. The molecule has 2 N–H and O–H groups in total. The van der Waals surface area contributed by atoms with Gasteiger partial charge in [-0.15, -0.1) is 0 Å². The van der Waals surface area contributed by atoms with Gasteiger partial charge in [0.2, 0.25) is 0 Å². The summed E-state index contributed by atoms with van der Waals surface area (Å²) in [5.74, 6) is 0. The van der Waals surface area contributed by atoms with Gasteiger partial charge in [0, 0.05) is 11.1 Å². The minimum atomic E-state index is -0.567. The monoisotopic (exact) mass is 369 g/mol. The number of aromatic amines is 2. The van der Waals surface area contributed by atoms with Crippen LogP contribution in [0.5, 0.6) is 0 Å². The number of nitro groups is 1. The Kier molecular flexibility index (Phi) is 4.81. The maximum Gasteiger partial charge on any atom is 0.276 e. The van der Waals surface area contributed by atoms with E-state index in [0.29, 0.717) is 10.6 Å². The van der Waals surface area contributed by atoms with E-state index in [1.54, 1.807) is 30.3 Å². The smallest absolute Gasteiger partial charge is 0.276 e. The highest BCUT2D eigenvalue weighted by atomic mass is 35.5. The first kappa shape index (κ1) is 17.4. The van der Waals surface area contributed by atoms with Crippen LogP contribution in [0.1, 0.15) is 11.1 Å². The molecule has 26 heavy (non-hydrogen) atoms. The zero-order chi connectivity index (χ0) is 18.7. The number of nitro benzene ring substituents is 1. The zero-order valence-electron chi connectivity index (χ0n) is 13.2. The van der Waals surface area contributed by atoms with Crippen molar-refractivity contribution in [2.24, 2.45) is 0 Å². The van der Waals surface area contributed by atoms with Crippen LogP contribution in [0.4, 0.5) is 5.69 Å². The molecule has 0 aliphatic carbocycles. The second kappa shape index (κ2) is 7.20. The van der Waals surface area contributed by atoms with Gasteiger partial charge in [-0.25, -0.2) is 0 Å². The Morgan fingerprint density at radius 3 is 2.08 bits per heavy atom. The molecule has 3 rings (SSSR count). The number of H-pyrrole nitrogens is 2. The number of aromatic nitrogens is 2. The second-order valence-corrected chi connectivity index (χ2v) is 5.83. The van der Waals surface area contributed by atoms with Gasteiger partial charge in [0.15, 0.2) is 0 Å². The number of rotatable bonds is 3. The van der Waals surface area contributed by atoms with Crippen LogP contribution in [0.25, 0.3) is 12.2 Å². The number of hydrogen-bond acceptors (Lipinski definition) is 4. The normalized spacial score (nSPS) is 12.3. The van der Waals surface area contributed by atoms with Gasteiger partial charge >= 0.3 is 0 Å². The second-order valence-electron chi connectivity index (χ2n) is 5.39. The number of nitrogens with one attached hydrogen (secondary N) is 2. The van der Waals surface area contributed by atoms with Gasteiger partial charge in [-0.1, -0.05) is 35.9 Å². The van der Waals surface area contributed by atoms with Crippen LogP contribution < -0.4 is 21.8 Å². The SMILES string of the molecule is O=c1[nH]/c(=C\c2ccccc2[N+](=O)[O-])c(=O)[nH]/c1=C\c1ccc(Cl)cc1. The van der Waals surface area contributed by atoms with Crippen molar-refractivity contribution in [2.45, 2.75) is 0 Å². The molecular formula is C18H12ClN3O4. The molecule has 0 spiro atoms.